The molecule has 1 heterocycles. The quantitative estimate of drug-likeness (QED) is 0.930. The molecular formula is C15H16ClNO3. The molecule has 3 rings (SSSR count). The molecule has 0 unspecified atom stereocenters. The van der Waals surface area contributed by atoms with Crippen molar-refractivity contribution in [2.75, 3.05) is 13.1 Å². The number of rotatable bonds is 3. The normalized spacial score (nSPS) is 23.6. The van der Waals surface area contributed by atoms with Crippen LogP contribution in [0.2, 0.25) is 5.02 Å². The van der Waals surface area contributed by atoms with E-state index in [1.807, 2.05) is 12.1 Å². The Balaban J connectivity index is 1.77. The van der Waals surface area contributed by atoms with Gasteiger partial charge in [0.15, 0.2) is 0 Å². The van der Waals surface area contributed by atoms with Crippen LogP contribution in [-0.2, 0) is 15.0 Å². The second-order valence-corrected chi connectivity index (χ2v) is 6.10. The number of likely N-dealkylation sites (tertiary alicyclic amines) is 1. The maximum atomic E-state index is 12.7. The molecule has 20 heavy (non-hydrogen) atoms. The number of aliphatic carboxylic acids is 1. The molecule has 4 nitrogen and oxygen atoms in total. The van der Waals surface area contributed by atoms with Gasteiger partial charge in [0.05, 0.1) is 11.3 Å². The number of benzene rings is 1. The molecule has 0 radical (unpaired) electrons. The summed E-state index contributed by atoms with van der Waals surface area (Å²) in [6, 6.07) is 7.40. The van der Waals surface area contributed by atoms with E-state index < -0.39 is 17.3 Å². The minimum Gasteiger partial charge on any atom is -0.481 e. The number of halogens is 1. The highest BCUT2D eigenvalue weighted by molar-refractivity contribution is 6.30. The van der Waals surface area contributed by atoms with Gasteiger partial charge in [-0.15, -0.1) is 0 Å². The van der Waals surface area contributed by atoms with Crippen LogP contribution in [0.4, 0.5) is 0 Å². The highest BCUT2D eigenvalue weighted by atomic mass is 35.5. The average molecular weight is 294 g/mol. The number of nitrogens with zero attached hydrogens (tertiary/aromatic N) is 1. The average Bonchev–Trinajstić information content (AvgIpc) is 3.08. The van der Waals surface area contributed by atoms with Crippen molar-refractivity contribution >= 4 is 23.5 Å². The predicted molar refractivity (Wildman–Crippen MR) is 74.7 cm³/mol. The maximum Gasteiger partial charge on any atom is 0.308 e. The molecule has 1 atom stereocenters. The van der Waals surface area contributed by atoms with E-state index in [1.165, 1.54) is 0 Å². The number of hydrogen-bond donors (Lipinski definition) is 1. The maximum absolute atomic E-state index is 12.7. The molecule has 106 valence electrons. The van der Waals surface area contributed by atoms with Crippen molar-refractivity contribution in [2.45, 2.75) is 24.7 Å². The van der Waals surface area contributed by atoms with Gasteiger partial charge in [-0.25, -0.2) is 0 Å². The summed E-state index contributed by atoms with van der Waals surface area (Å²) in [5, 5.41) is 9.68. The molecule has 2 fully saturated rings. The third-order valence-electron chi connectivity index (χ3n) is 4.38. The summed E-state index contributed by atoms with van der Waals surface area (Å²) in [6.07, 6.45) is 2.22. The molecular weight excluding hydrogens is 278 g/mol. The van der Waals surface area contributed by atoms with Crippen molar-refractivity contribution in [3.05, 3.63) is 34.9 Å². The van der Waals surface area contributed by atoms with Crippen LogP contribution in [-0.4, -0.2) is 35.0 Å². The molecule has 1 aromatic rings. The Morgan fingerprint density at radius 3 is 2.40 bits per heavy atom. The Hall–Kier alpha value is -1.55. The van der Waals surface area contributed by atoms with Gasteiger partial charge in [0, 0.05) is 18.1 Å². The van der Waals surface area contributed by atoms with Gasteiger partial charge in [0.25, 0.3) is 0 Å². The van der Waals surface area contributed by atoms with Crippen molar-refractivity contribution < 1.29 is 14.7 Å². The van der Waals surface area contributed by atoms with Crippen LogP contribution in [0.25, 0.3) is 0 Å². The van der Waals surface area contributed by atoms with Crippen LogP contribution in [0.15, 0.2) is 24.3 Å². The summed E-state index contributed by atoms with van der Waals surface area (Å²) in [5.41, 5.74) is 0.559. The van der Waals surface area contributed by atoms with Crippen LogP contribution in [0, 0.1) is 5.92 Å². The second-order valence-electron chi connectivity index (χ2n) is 5.66. The SMILES string of the molecule is O=C(O)[C@@H]1CCN(C(=O)C2(c3ccc(Cl)cc3)CC2)C1. The van der Waals surface area contributed by atoms with E-state index in [4.69, 9.17) is 16.7 Å². The molecule has 2 aliphatic rings. The van der Waals surface area contributed by atoms with Gasteiger partial charge in [-0.1, -0.05) is 23.7 Å². The standard InChI is InChI=1S/C15H16ClNO3/c16-12-3-1-11(2-4-12)15(6-7-15)14(20)17-8-5-10(9-17)13(18)19/h1-4,10H,5-9H2,(H,18,19)/t10-/m1/s1. The lowest BCUT2D eigenvalue weighted by Crippen LogP contribution is -2.38. The molecule has 1 N–H and O–H groups in total. The first-order chi connectivity index (χ1) is 9.53. The highest BCUT2D eigenvalue weighted by Crippen LogP contribution is 2.50. The summed E-state index contributed by atoms with van der Waals surface area (Å²) < 4.78 is 0. The molecule has 1 saturated carbocycles. The number of carboxylic acids is 1. The molecule has 0 bridgehead atoms. The first kappa shape index (κ1) is 13.4. The molecule has 1 saturated heterocycles. The molecule has 1 aromatic carbocycles. The van der Waals surface area contributed by atoms with Crippen molar-refractivity contribution in [1.82, 2.24) is 4.90 Å². The van der Waals surface area contributed by atoms with E-state index >= 15 is 0 Å². The zero-order valence-corrected chi connectivity index (χ0v) is 11.8. The summed E-state index contributed by atoms with van der Waals surface area (Å²) in [7, 11) is 0. The lowest BCUT2D eigenvalue weighted by Gasteiger charge is -2.23. The largest absolute Gasteiger partial charge is 0.481 e. The van der Waals surface area contributed by atoms with E-state index in [0.717, 1.165) is 18.4 Å². The van der Waals surface area contributed by atoms with Gasteiger partial charge >= 0.3 is 5.97 Å². The minimum atomic E-state index is -0.809. The zero-order valence-electron chi connectivity index (χ0n) is 11.0. The zero-order chi connectivity index (χ0) is 14.3. The molecule has 1 amide bonds. The van der Waals surface area contributed by atoms with Gasteiger partial charge in [0.1, 0.15) is 0 Å². The smallest absolute Gasteiger partial charge is 0.308 e. The number of hydrogen-bond acceptors (Lipinski definition) is 2. The minimum absolute atomic E-state index is 0.0728. The molecule has 5 heteroatoms. The Kier molecular flexibility index (Phi) is 3.21. The monoisotopic (exact) mass is 293 g/mol. The van der Waals surface area contributed by atoms with Crippen molar-refractivity contribution in [1.29, 1.82) is 0 Å². The van der Waals surface area contributed by atoms with Crippen LogP contribution in [0.3, 0.4) is 0 Å². The Morgan fingerprint density at radius 1 is 1.25 bits per heavy atom. The lowest BCUT2D eigenvalue weighted by molar-refractivity contribution is -0.141. The summed E-state index contributed by atoms with van der Waals surface area (Å²) in [4.78, 5) is 25.4. The number of carbonyl (C=O) groups excluding carboxylic acids is 1. The molecule has 1 aliphatic heterocycles. The first-order valence-corrected chi connectivity index (χ1v) is 7.19. The van der Waals surface area contributed by atoms with Crippen LogP contribution in [0.5, 0.6) is 0 Å². The van der Waals surface area contributed by atoms with E-state index in [0.29, 0.717) is 24.5 Å². The van der Waals surface area contributed by atoms with E-state index in [2.05, 4.69) is 0 Å². The van der Waals surface area contributed by atoms with Gasteiger partial charge in [-0.2, -0.15) is 0 Å². The van der Waals surface area contributed by atoms with E-state index in [-0.39, 0.29) is 5.91 Å². The fourth-order valence-electron chi connectivity index (χ4n) is 2.97. The Morgan fingerprint density at radius 2 is 1.90 bits per heavy atom. The second kappa shape index (κ2) is 4.77. The number of carbonyl (C=O) groups is 2. The third-order valence-corrected chi connectivity index (χ3v) is 4.63. The third kappa shape index (κ3) is 2.18. The topological polar surface area (TPSA) is 57.6 Å². The highest BCUT2D eigenvalue weighted by Gasteiger charge is 2.53. The molecule has 0 aromatic heterocycles. The summed E-state index contributed by atoms with van der Waals surface area (Å²) in [6.45, 7) is 0.884. The van der Waals surface area contributed by atoms with Gasteiger partial charge in [0.2, 0.25) is 5.91 Å². The molecule has 1 aliphatic carbocycles. The van der Waals surface area contributed by atoms with E-state index in [9.17, 15) is 9.59 Å². The number of carboxylic acid groups (broad SMARTS) is 1. The van der Waals surface area contributed by atoms with Crippen LogP contribution >= 0.6 is 11.6 Å². The van der Waals surface area contributed by atoms with Crippen LogP contribution < -0.4 is 0 Å². The Bertz CT molecular complexity index is 551. The van der Waals surface area contributed by atoms with Crippen molar-refractivity contribution in [3.63, 3.8) is 0 Å². The first-order valence-electron chi connectivity index (χ1n) is 6.81. The van der Waals surface area contributed by atoms with Gasteiger partial charge < -0.3 is 10.0 Å². The summed E-state index contributed by atoms with van der Waals surface area (Å²) in [5.74, 6) is -1.15. The predicted octanol–water partition coefficient (Wildman–Crippen LogP) is 2.30. The van der Waals surface area contributed by atoms with E-state index in [1.54, 1.807) is 17.0 Å². The van der Waals surface area contributed by atoms with Crippen LogP contribution in [0.1, 0.15) is 24.8 Å². The van der Waals surface area contributed by atoms with Gasteiger partial charge in [-0.3, -0.25) is 9.59 Å². The Labute approximate surface area is 122 Å². The van der Waals surface area contributed by atoms with Crippen molar-refractivity contribution in [3.8, 4) is 0 Å². The van der Waals surface area contributed by atoms with Gasteiger partial charge in [-0.05, 0) is 37.0 Å². The number of amides is 1. The summed E-state index contributed by atoms with van der Waals surface area (Å²) >= 11 is 5.88. The fourth-order valence-corrected chi connectivity index (χ4v) is 3.09. The van der Waals surface area contributed by atoms with Crippen molar-refractivity contribution in [2.24, 2.45) is 5.92 Å². The molecule has 0 spiro atoms. The fraction of sp³-hybridized carbons (Fsp3) is 0.467. The lowest BCUT2D eigenvalue weighted by atomic mass is 9.94.